The molecule has 1 unspecified atom stereocenters. The number of nitrogens with one attached hydrogen (secondary N) is 1. The normalized spacial score (nSPS) is 25.7. The summed E-state index contributed by atoms with van der Waals surface area (Å²) < 4.78 is 38.9. The van der Waals surface area contributed by atoms with Gasteiger partial charge in [0.15, 0.2) is 5.82 Å². The Hall–Kier alpha value is -3.57. The van der Waals surface area contributed by atoms with Crippen LogP contribution in [-0.2, 0) is 23.4 Å². The quantitative estimate of drug-likeness (QED) is 0.159. The van der Waals surface area contributed by atoms with Gasteiger partial charge in [0.05, 0.1) is 12.3 Å². The number of nitriles is 1. The number of aliphatic hydroxyl groups is 2. The van der Waals surface area contributed by atoms with Crippen LogP contribution in [0.15, 0.2) is 48.8 Å². The third-order valence-corrected chi connectivity index (χ3v) is 10.0. The first-order valence-corrected chi connectivity index (χ1v) is 16.1. The molecule has 0 spiro atoms. The Bertz CT molecular complexity index is 1560. The van der Waals surface area contributed by atoms with E-state index in [1.165, 1.54) is 10.8 Å². The van der Waals surface area contributed by atoms with Crippen LogP contribution < -0.4 is 15.3 Å². The van der Waals surface area contributed by atoms with Gasteiger partial charge in [0.1, 0.15) is 54.1 Å². The summed E-state index contributed by atoms with van der Waals surface area (Å²) in [5.74, 6) is -0.0177. The van der Waals surface area contributed by atoms with Crippen LogP contribution in [0.5, 0.6) is 5.75 Å². The van der Waals surface area contributed by atoms with Gasteiger partial charge >= 0.3 is 13.7 Å². The molecule has 3 heterocycles. The number of benzene rings is 1. The van der Waals surface area contributed by atoms with Crippen LogP contribution in [0.4, 0.5) is 5.82 Å². The number of ether oxygens (including phenoxy) is 2. The molecule has 2 aromatic heterocycles. The third kappa shape index (κ3) is 6.04. The molecule has 3 aromatic rings. The minimum atomic E-state index is -4.44. The maximum absolute atomic E-state index is 14.4. The predicted molar refractivity (Wildman–Crippen MR) is 157 cm³/mol. The molecule has 1 aromatic carbocycles. The zero-order valence-corrected chi connectivity index (χ0v) is 25.4. The van der Waals surface area contributed by atoms with Crippen molar-refractivity contribution in [1.29, 1.82) is 5.26 Å². The first-order valence-electron chi connectivity index (χ1n) is 14.6. The van der Waals surface area contributed by atoms with Crippen molar-refractivity contribution in [2.75, 3.05) is 18.9 Å². The summed E-state index contributed by atoms with van der Waals surface area (Å²) in [7, 11) is -4.44. The van der Waals surface area contributed by atoms with Gasteiger partial charge in [-0.2, -0.15) is 15.4 Å². The molecule has 5 N–H and O–H groups in total. The number of para-hydroxylation sites is 1. The van der Waals surface area contributed by atoms with Crippen LogP contribution in [0.3, 0.4) is 0 Å². The van der Waals surface area contributed by atoms with Gasteiger partial charge in [0.25, 0.3) is 0 Å². The first-order chi connectivity index (χ1) is 21.1. The maximum Gasteiger partial charge on any atom is 0.459 e. The fourth-order valence-electron chi connectivity index (χ4n) is 5.37. The predicted octanol–water partition coefficient (Wildman–Crippen LogP) is 3.06. The maximum atomic E-state index is 14.4. The van der Waals surface area contributed by atoms with Gasteiger partial charge in [-0.1, -0.05) is 44.9 Å². The van der Waals surface area contributed by atoms with Crippen molar-refractivity contribution in [2.24, 2.45) is 5.92 Å². The van der Waals surface area contributed by atoms with E-state index in [9.17, 15) is 24.8 Å². The number of hydrogen-bond acceptors (Lipinski definition) is 12. The standard InChI is InChI=1S/C29H37N6O8P/c1-3-19(4-2)15-40-27(38)28(13-8-14-28)34-44(39,43-20-9-6-5-7-10-20)41-17-29(16-30)25(37)23(36)24(42-29)21-11-12-22-26(31)32-18-33-35(21)22/h5-7,9-12,18-19,23-25,36-37H,3-4,8,13-15,17H2,1-2H3,(H,34,39)(H2,31,32,33)/t23-,24-,25-,29+,44?/m0/s1. The Kier molecular flexibility index (Phi) is 9.27. The molecule has 2 fully saturated rings. The second-order valence-corrected chi connectivity index (χ2v) is 12.8. The van der Waals surface area contributed by atoms with Crippen LogP contribution in [0.1, 0.15) is 57.7 Å². The lowest BCUT2D eigenvalue weighted by atomic mass is 9.78. The summed E-state index contributed by atoms with van der Waals surface area (Å²) in [4.78, 5) is 17.2. The minimum absolute atomic E-state index is 0.178. The Morgan fingerprint density at radius 1 is 1.25 bits per heavy atom. The molecule has 0 bridgehead atoms. The van der Waals surface area contributed by atoms with E-state index in [1.807, 2.05) is 19.9 Å². The van der Waals surface area contributed by atoms with Gasteiger partial charge in [-0.3, -0.25) is 9.32 Å². The number of fused-ring (bicyclic) bond motifs is 1. The summed E-state index contributed by atoms with van der Waals surface area (Å²) in [6.45, 7) is 3.48. The number of anilines is 1. The fourth-order valence-corrected chi connectivity index (χ4v) is 7.13. The van der Waals surface area contributed by atoms with Crippen molar-refractivity contribution in [3.63, 3.8) is 0 Å². The van der Waals surface area contributed by atoms with Crippen molar-refractivity contribution in [1.82, 2.24) is 19.7 Å². The molecule has 236 valence electrons. The number of nitrogens with two attached hydrogens (primary N) is 1. The lowest BCUT2D eigenvalue weighted by Crippen LogP contribution is -2.57. The molecular weight excluding hydrogens is 591 g/mol. The Balaban J connectivity index is 1.39. The second-order valence-electron chi connectivity index (χ2n) is 11.2. The van der Waals surface area contributed by atoms with Crippen LogP contribution in [0.25, 0.3) is 5.52 Å². The highest BCUT2D eigenvalue weighted by Gasteiger charge is 2.58. The van der Waals surface area contributed by atoms with E-state index in [0.29, 0.717) is 30.5 Å². The summed E-state index contributed by atoms with van der Waals surface area (Å²) in [5.41, 5.74) is 3.15. The summed E-state index contributed by atoms with van der Waals surface area (Å²) >= 11 is 0. The van der Waals surface area contributed by atoms with E-state index in [1.54, 1.807) is 42.5 Å². The Morgan fingerprint density at radius 3 is 2.61 bits per heavy atom. The van der Waals surface area contributed by atoms with Crippen molar-refractivity contribution < 1.29 is 38.1 Å². The molecular formula is C29H37N6O8P. The molecule has 1 saturated heterocycles. The van der Waals surface area contributed by atoms with E-state index in [0.717, 1.165) is 12.8 Å². The molecule has 15 heteroatoms. The average molecular weight is 629 g/mol. The number of nitrogen functional groups attached to an aromatic ring is 1. The van der Waals surface area contributed by atoms with E-state index in [4.69, 9.17) is 24.3 Å². The van der Waals surface area contributed by atoms with Crippen LogP contribution >= 0.6 is 7.75 Å². The first kappa shape index (κ1) is 31.8. The Labute approximate surface area is 254 Å². The molecule has 5 rings (SSSR count). The number of esters is 1. The topological polar surface area (TPSA) is 204 Å². The molecule has 2 aliphatic rings. The van der Waals surface area contributed by atoms with Crippen LogP contribution in [-0.4, -0.2) is 67.3 Å². The molecule has 1 aliphatic carbocycles. The zero-order chi connectivity index (χ0) is 31.5. The third-order valence-electron chi connectivity index (χ3n) is 8.41. The zero-order valence-electron chi connectivity index (χ0n) is 24.5. The van der Waals surface area contributed by atoms with Gasteiger partial charge in [-0.25, -0.2) is 14.1 Å². The van der Waals surface area contributed by atoms with Crippen molar-refractivity contribution in [3.05, 3.63) is 54.5 Å². The van der Waals surface area contributed by atoms with E-state index < -0.39 is 49.8 Å². The summed E-state index contributed by atoms with van der Waals surface area (Å²) in [6, 6.07) is 13.3. The molecule has 0 radical (unpaired) electrons. The number of carbonyl (C=O) groups excluding carboxylic acids is 1. The molecule has 1 saturated carbocycles. The average Bonchev–Trinajstić information content (AvgIpc) is 3.55. The molecule has 0 amide bonds. The van der Waals surface area contributed by atoms with Crippen LogP contribution in [0.2, 0.25) is 0 Å². The lowest BCUT2D eigenvalue weighted by Gasteiger charge is -2.41. The Morgan fingerprint density at radius 2 is 1.98 bits per heavy atom. The summed E-state index contributed by atoms with van der Waals surface area (Å²) in [6.07, 6.45) is -0.365. The lowest BCUT2D eigenvalue weighted by molar-refractivity contribution is -0.156. The summed E-state index contributed by atoms with van der Waals surface area (Å²) in [5, 5.41) is 39.2. The van der Waals surface area contributed by atoms with E-state index in [2.05, 4.69) is 15.2 Å². The number of nitrogens with zero attached hydrogens (tertiary/aromatic N) is 4. The second kappa shape index (κ2) is 12.8. The van der Waals surface area contributed by atoms with Gasteiger partial charge in [-0.15, -0.1) is 0 Å². The number of aliphatic hydroxyl groups excluding tert-OH is 2. The molecule has 44 heavy (non-hydrogen) atoms. The van der Waals surface area contributed by atoms with Crippen LogP contribution in [0, 0.1) is 17.2 Å². The van der Waals surface area contributed by atoms with E-state index in [-0.39, 0.29) is 24.1 Å². The molecule has 5 atom stereocenters. The van der Waals surface area contributed by atoms with Gasteiger partial charge in [0, 0.05) is 0 Å². The molecule has 14 nitrogen and oxygen atoms in total. The minimum Gasteiger partial charge on any atom is -0.464 e. The van der Waals surface area contributed by atoms with Crippen molar-refractivity contribution in [3.8, 4) is 11.8 Å². The number of carbonyl (C=O) groups is 1. The van der Waals surface area contributed by atoms with Crippen molar-refractivity contribution in [2.45, 2.75) is 75.4 Å². The van der Waals surface area contributed by atoms with Crippen molar-refractivity contribution >= 4 is 25.1 Å². The highest BCUT2D eigenvalue weighted by molar-refractivity contribution is 7.52. The highest BCUT2D eigenvalue weighted by atomic mass is 31.2. The van der Waals surface area contributed by atoms with Gasteiger partial charge in [-0.05, 0) is 49.4 Å². The smallest absolute Gasteiger partial charge is 0.459 e. The molecule has 1 aliphatic heterocycles. The van der Waals surface area contributed by atoms with Gasteiger partial charge in [0.2, 0.25) is 5.60 Å². The number of rotatable bonds is 13. The number of hydrogen-bond donors (Lipinski definition) is 4. The highest BCUT2D eigenvalue weighted by Crippen LogP contribution is 2.52. The monoisotopic (exact) mass is 628 g/mol. The van der Waals surface area contributed by atoms with E-state index >= 15 is 0 Å². The number of aromatic nitrogens is 3. The van der Waals surface area contributed by atoms with Gasteiger partial charge < -0.3 is 29.9 Å². The SMILES string of the molecule is CCC(CC)COC(=O)C1(NP(=O)(OC[C@@]2(C#N)O[C@@H](c3ccc4c(N)ncnn34)[C@H](O)[C@@H]2O)Oc2ccccc2)CCC1. The largest absolute Gasteiger partial charge is 0.464 e. The fraction of sp³-hybridized carbons (Fsp3) is 0.517.